The Kier molecular flexibility index (Phi) is 3.40. The molecule has 104 valence electrons. The third-order valence-corrected chi connectivity index (χ3v) is 2.67. The smallest absolute Gasteiger partial charge is 0.363 e. The molecule has 1 aliphatic heterocycles. The van der Waals surface area contributed by atoms with Crippen molar-refractivity contribution in [3.05, 3.63) is 45.6 Å². The summed E-state index contributed by atoms with van der Waals surface area (Å²) in [5.74, 6) is -0.135. The SMILES string of the molecule is CC(C)(C)C1=N/C(=C\c2ccc([N+](=O)[O-])cc2)C(=O)O1. The molecule has 0 aromatic heterocycles. The van der Waals surface area contributed by atoms with Crippen LogP contribution >= 0.6 is 0 Å². The Morgan fingerprint density at radius 1 is 1.25 bits per heavy atom. The number of non-ortho nitro benzene ring substituents is 1. The Hall–Kier alpha value is -2.50. The van der Waals surface area contributed by atoms with Gasteiger partial charge in [-0.2, -0.15) is 0 Å². The van der Waals surface area contributed by atoms with Crippen LogP contribution < -0.4 is 0 Å². The first-order valence-electron chi connectivity index (χ1n) is 6.05. The van der Waals surface area contributed by atoms with E-state index in [4.69, 9.17) is 4.74 Å². The molecule has 0 fully saturated rings. The zero-order chi connectivity index (χ0) is 14.9. The molecule has 0 saturated carbocycles. The van der Waals surface area contributed by atoms with Gasteiger partial charge >= 0.3 is 5.97 Å². The maximum atomic E-state index is 11.7. The average molecular weight is 274 g/mol. The van der Waals surface area contributed by atoms with Gasteiger partial charge in [0.15, 0.2) is 5.70 Å². The normalized spacial score (nSPS) is 17.1. The molecule has 0 atom stereocenters. The standard InChI is InChI=1S/C14H14N2O4/c1-14(2,3)13-15-11(12(17)20-13)8-9-4-6-10(7-5-9)16(18)19/h4-8H,1-3H3/b11-8-. The van der Waals surface area contributed by atoms with Crippen molar-refractivity contribution in [1.29, 1.82) is 0 Å². The fraction of sp³-hybridized carbons (Fsp3) is 0.286. The molecule has 0 bridgehead atoms. The number of esters is 1. The summed E-state index contributed by atoms with van der Waals surface area (Å²) in [4.78, 5) is 25.9. The predicted octanol–water partition coefficient (Wildman–Crippen LogP) is 2.94. The Balaban J connectivity index is 2.29. The van der Waals surface area contributed by atoms with Gasteiger partial charge in [0.2, 0.25) is 5.90 Å². The second kappa shape index (κ2) is 4.88. The lowest BCUT2D eigenvalue weighted by Gasteiger charge is -2.15. The minimum Gasteiger partial charge on any atom is -0.406 e. The van der Waals surface area contributed by atoms with Gasteiger partial charge in [0.25, 0.3) is 5.69 Å². The lowest BCUT2D eigenvalue weighted by atomic mass is 9.97. The van der Waals surface area contributed by atoms with E-state index in [1.54, 1.807) is 18.2 Å². The largest absolute Gasteiger partial charge is 0.406 e. The van der Waals surface area contributed by atoms with Crippen LogP contribution in [0.4, 0.5) is 5.69 Å². The first-order valence-corrected chi connectivity index (χ1v) is 6.05. The summed E-state index contributed by atoms with van der Waals surface area (Å²) in [5, 5.41) is 10.6. The molecule has 0 unspecified atom stereocenters. The van der Waals surface area contributed by atoms with Crippen molar-refractivity contribution in [2.75, 3.05) is 0 Å². The van der Waals surface area contributed by atoms with Gasteiger partial charge in [-0.1, -0.05) is 20.8 Å². The number of rotatable bonds is 2. The number of nitro benzene ring substituents is 1. The highest BCUT2D eigenvalue weighted by Gasteiger charge is 2.31. The van der Waals surface area contributed by atoms with Crippen molar-refractivity contribution in [3.63, 3.8) is 0 Å². The van der Waals surface area contributed by atoms with Gasteiger partial charge in [0.1, 0.15) is 0 Å². The zero-order valence-corrected chi connectivity index (χ0v) is 11.4. The molecule has 1 aromatic rings. The molecule has 0 saturated heterocycles. The second-order valence-electron chi connectivity index (χ2n) is 5.43. The van der Waals surface area contributed by atoms with Crippen molar-refractivity contribution in [2.24, 2.45) is 10.4 Å². The van der Waals surface area contributed by atoms with Crippen molar-refractivity contribution in [3.8, 4) is 0 Å². The second-order valence-corrected chi connectivity index (χ2v) is 5.43. The van der Waals surface area contributed by atoms with E-state index >= 15 is 0 Å². The minimum absolute atomic E-state index is 0.0000281. The molecule has 0 amide bonds. The predicted molar refractivity (Wildman–Crippen MR) is 74.1 cm³/mol. The Bertz CT molecular complexity index is 622. The molecule has 0 N–H and O–H groups in total. The zero-order valence-electron chi connectivity index (χ0n) is 11.4. The van der Waals surface area contributed by atoms with Crippen LogP contribution in [0.15, 0.2) is 35.0 Å². The average Bonchev–Trinajstić information content (AvgIpc) is 2.71. The topological polar surface area (TPSA) is 81.8 Å². The third kappa shape index (κ3) is 2.90. The van der Waals surface area contributed by atoms with Crippen LogP contribution in [0.5, 0.6) is 0 Å². The first-order chi connectivity index (χ1) is 9.27. The van der Waals surface area contributed by atoms with Crippen molar-refractivity contribution >= 4 is 23.6 Å². The third-order valence-electron chi connectivity index (χ3n) is 2.67. The maximum Gasteiger partial charge on any atom is 0.363 e. The highest BCUT2D eigenvalue weighted by atomic mass is 16.6. The number of benzene rings is 1. The van der Waals surface area contributed by atoms with E-state index in [9.17, 15) is 14.9 Å². The maximum absolute atomic E-state index is 11.7. The molecule has 1 heterocycles. The van der Waals surface area contributed by atoms with Gasteiger partial charge in [-0.3, -0.25) is 10.1 Å². The molecule has 6 nitrogen and oxygen atoms in total. The van der Waals surface area contributed by atoms with Gasteiger partial charge < -0.3 is 4.74 Å². The molecule has 6 heteroatoms. The van der Waals surface area contributed by atoms with Crippen LogP contribution in [0.2, 0.25) is 0 Å². The number of carbonyl (C=O) groups is 1. The van der Waals surface area contributed by atoms with Gasteiger partial charge in [-0.25, -0.2) is 9.79 Å². The van der Waals surface area contributed by atoms with E-state index in [0.717, 1.165) is 0 Å². The Morgan fingerprint density at radius 3 is 2.30 bits per heavy atom. The molecule has 0 aliphatic carbocycles. The number of cyclic esters (lactones) is 1. The highest BCUT2D eigenvalue weighted by Crippen LogP contribution is 2.26. The molecule has 20 heavy (non-hydrogen) atoms. The van der Waals surface area contributed by atoms with Crippen LogP contribution in [-0.4, -0.2) is 16.8 Å². The van der Waals surface area contributed by atoms with E-state index < -0.39 is 10.9 Å². The van der Waals surface area contributed by atoms with E-state index in [1.807, 2.05) is 20.8 Å². The van der Waals surface area contributed by atoms with Crippen LogP contribution in [-0.2, 0) is 9.53 Å². The van der Waals surface area contributed by atoms with Crippen LogP contribution in [0, 0.1) is 15.5 Å². The lowest BCUT2D eigenvalue weighted by molar-refractivity contribution is -0.384. The van der Waals surface area contributed by atoms with Gasteiger partial charge in [0, 0.05) is 17.5 Å². The van der Waals surface area contributed by atoms with Crippen LogP contribution in [0.1, 0.15) is 26.3 Å². The Morgan fingerprint density at radius 2 is 1.85 bits per heavy atom. The van der Waals surface area contributed by atoms with Crippen LogP contribution in [0.3, 0.4) is 0 Å². The molecule has 0 radical (unpaired) electrons. The van der Waals surface area contributed by atoms with Crippen LogP contribution in [0.25, 0.3) is 6.08 Å². The lowest BCUT2D eigenvalue weighted by Crippen LogP contribution is -2.21. The van der Waals surface area contributed by atoms with E-state index in [-0.39, 0.29) is 16.8 Å². The summed E-state index contributed by atoms with van der Waals surface area (Å²) < 4.78 is 5.11. The number of nitro groups is 1. The number of ether oxygens (including phenoxy) is 1. The fourth-order valence-corrected chi connectivity index (χ4v) is 1.58. The quantitative estimate of drug-likeness (QED) is 0.359. The fourth-order valence-electron chi connectivity index (χ4n) is 1.58. The number of carbonyl (C=O) groups excluding carboxylic acids is 1. The summed E-state index contributed by atoms with van der Waals surface area (Å²) in [5.41, 5.74) is 0.506. The molecule has 1 aromatic carbocycles. The monoisotopic (exact) mass is 274 g/mol. The summed E-state index contributed by atoms with van der Waals surface area (Å²) in [6, 6.07) is 5.87. The highest BCUT2D eigenvalue weighted by molar-refractivity contribution is 6.08. The number of nitrogens with zero attached hydrogens (tertiary/aromatic N) is 2. The minimum atomic E-state index is -0.506. The summed E-state index contributed by atoms with van der Waals surface area (Å²) in [7, 11) is 0. The summed E-state index contributed by atoms with van der Waals surface area (Å²) in [6.07, 6.45) is 1.55. The molecular formula is C14H14N2O4. The number of hydrogen-bond donors (Lipinski definition) is 0. The molecule has 0 spiro atoms. The summed E-state index contributed by atoms with van der Waals surface area (Å²) in [6.45, 7) is 5.69. The number of aliphatic imine (C=N–C) groups is 1. The van der Waals surface area contributed by atoms with Crippen molar-refractivity contribution in [1.82, 2.24) is 0 Å². The van der Waals surface area contributed by atoms with Crippen molar-refractivity contribution < 1.29 is 14.5 Å². The molecular weight excluding hydrogens is 260 g/mol. The Labute approximate surface area is 115 Å². The van der Waals surface area contributed by atoms with Gasteiger partial charge in [-0.05, 0) is 23.8 Å². The van der Waals surface area contributed by atoms with E-state index in [2.05, 4.69) is 4.99 Å². The van der Waals surface area contributed by atoms with E-state index in [0.29, 0.717) is 11.5 Å². The van der Waals surface area contributed by atoms with Gasteiger partial charge in [0.05, 0.1) is 4.92 Å². The number of hydrogen-bond acceptors (Lipinski definition) is 5. The van der Waals surface area contributed by atoms with E-state index in [1.165, 1.54) is 12.1 Å². The molecule has 2 rings (SSSR count). The first kappa shape index (κ1) is 13.9. The van der Waals surface area contributed by atoms with Crippen molar-refractivity contribution in [2.45, 2.75) is 20.8 Å². The summed E-state index contributed by atoms with van der Waals surface area (Å²) >= 11 is 0. The molecule has 1 aliphatic rings. The van der Waals surface area contributed by atoms with Gasteiger partial charge in [-0.15, -0.1) is 0 Å².